The highest BCUT2D eigenvalue weighted by Crippen LogP contribution is 2.22. The molecule has 1 aromatic heterocycles. The maximum atomic E-state index is 12.1. The van der Waals surface area contributed by atoms with Crippen molar-refractivity contribution >= 4 is 22.5 Å². The number of rotatable bonds is 5. The Morgan fingerprint density at radius 3 is 2.71 bits per heavy atom. The minimum absolute atomic E-state index is 0.325. The Bertz CT molecular complexity index is 696. The van der Waals surface area contributed by atoms with Crippen LogP contribution in [0.4, 0.5) is 5.69 Å². The number of anilines is 1. The molecular formula is C20H29N3O. The number of fused-ring (bicyclic) bond motifs is 1. The topological polar surface area (TPSA) is 37.3 Å². The van der Waals surface area contributed by atoms with Crippen LogP contribution >= 0.6 is 0 Å². The van der Waals surface area contributed by atoms with Crippen LogP contribution in [0.25, 0.3) is 10.9 Å². The van der Waals surface area contributed by atoms with Crippen molar-refractivity contribution in [1.82, 2.24) is 9.47 Å². The number of nitrogens with zero attached hydrogens (tertiary/aromatic N) is 2. The number of hydrogen-bond acceptors (Lipinski definition) is 2. The predicted octanol–water partition coefficient (Wildman–Crippen LogP) is 3.87. The van der Waals surface area contributed by atoms with Crippen LogP contribution < -0.4 is 5.32 Å². The van der Waals surface area contributed by atoms with Crippen LogP contribution in [0, 0.1) is 11.8 Å². The average Bonchev–Trinajstić information content (AvgIpc) is 2.93. The van der Waals surface area contributed by atoms with Crippen molar-refractivity contribution in [3.05, 3.63) is 30.5 Å². The molecule has 1 saturated heterocycles. The lowest BCUT2D eigenvalue weighted by Crippen LogP contribution is -2.40. The van der Waals surface area contributed by atoms with E-state index in [0.717, 1.165) is 32.5 Å². The summed E-state index contributed by atoms with van der Waals surface area (Å²) in [5, 5.41) is 4.86. The third-order valence-electron chi connectivity index (χ3n) is 5.03. The number of carbonyl (C=O) groups excluding carboxylic acids is 1. The molecule has 1 aliphatic rings. The van der Waals surface area contributed by atoms with Crippen molar-refractivity contribution in [1.29, 1.82) is 0 Å². The number of aryl methyl sites for hydroxylation is 1. The Morgan fingerprint density at radius 1 is 1.25 bits per heavy atom. The average molecular weight is 327 g/mol. The summed E-state index contributed by atoms with van der Waals surface area (Å²) in [6.07, 6.45) is 4.98. The van der Waals surface area contributed by atoms with E-state index < -0.39 is 0 Å². The molecule has 0 aliphatic carbocycles. The van der Waals surface area contributed by atoms with Crippen molar-refractivity contribution in [3.8, 4) is 0 Å². The van der Waals surface area contributed by atoms with Gasteiger partial charge in [-0.15, -0.1) is 0 Å². The molecular weight excluding hydrogens is 298 g/mol. The molecule has 24 heavy (non-hydrogen) atoms. The summed E-state index contributed by atoms with van der Waals surface area (Å²) in [5.74, 6) is 1.42. The van der Waals surface area contributed by atoms with Gasteiger partial charge in [0.15, 0.2) is 0 Å². The molecule has 2 heterocycles. The zero-order valence-corrected chi connectivity index (χ0v) is 15.1. The van der Waals surface area contributed by atoms with Gasteiger partial charge in [0, 0.05) is 50.5 Å². The molecule has 0 radical (unpaired) electrons. The normalized spacial score (nSPS) is 16.1. The lowest BCUT2D eigenvalue weighted by molar-refractivity contribution is -0.133. The van der Waals surface area contributed by atoms with Gasteiger partial charge in [-0.3, -0.25) is 4.79 Å². The number of hydrogen-bond donors (Lipinski definition) is 1. The molecule has 0 atom stereocenters. The van der Waals surface area contributed by atoms with Gasteiger partial charge in [-0.1, -0.05) is 19.9 Å². The number of benzene rings is 1. The van der Waals surface area contributed by atoms with Gasteiger partial charge >= 0.3 is 0 Å². The van der Waals surface area contributed by atoms with E-state index in [0.29, 0.717) is 24.2 Å². The molecule has 4 nitrogen and oxygen atoms in total. The van der Waals surface area contributed by atoms with Crippen molar-refractivity contribution in [2.75, 3.05) is 25.0 Å². The third kappa shape index (κ3) is 3.92. The molecule has 1 aromatic carbocycles. The standard InChI is InChI=1S/C20H29N3O/c1-15(2)12-20(24)23-10-6-16(7-11-23)14-21-18-5-4-17-8-9-22(3)19(17)13-18/h4-5,8-9,13,15-16,21H,6-7,10-12,14H2,1-3H3. The van der Waals surface area contributed by atoms with Crippen molar-refractivity contribution in [2.45, 2.75) is 33.1 Å². The molecule has 0 saturated carbocycles. The Morgan fingerprint density at radius 2 is 2.00 bits per heavy atom. The number of aromatic nitrogens is 1. The van der Waals surface area contributed by atoms with Gasteiger partial charge in [0.1, 0.15) is 0 Å². The van der Waals surface area contributed by atoms with E-state index in [-0.39, 0.29) is 0 Å². The van der Waals surface area contributed by atoms with Gasteiger partial charge in [-0.05, 0) is 48.3 Å². The summed E-state index contributed by atoms with van der Waals surface area (Å²) in [6.45, 7) is 7.03. The van der Waals surface area contributed by atoms with Gasteiger partial charge in [0.05, 0.1) is 0 Å². The van der Waals surface area contributed by atoms with Crippen LogP contribution in [0.15, 0.2) is 30.5 Å². The maximum absolute atomic E-state index is 12.1. The van der Waals surface area contributed by atoms with Crippen LogP contribution in [0.2, 0.25) is 0 Å². The van der Waals surface area contributed by atoms with Gasteiger partial charge < -0.3 is 14.8 Å². The molecule has 130 valence electrons. The van der Waals surface area contributed by atoms with E-state index in [4.69, 9.17) is 0 Å². The van der Waals surface area contributed by atoms with Crippen molar-refractivity contribution in [3.63, 3.8) is 0 Å². The molecule has 3 rings (SSSR count). The molecule has 1 amide bonds. The summed E-state index contributed by atoms with van der Waals surface area (Å²) in [4.78, 5) is 14.2. The largest absolute Gasteiger partial charge is 0.385 e. The smallest absolute Gasteiger partial charge is 0.222 e. The van der Waals surface area contributed by atoms with E-state index in [1.165, 1.54) is 16.6 Å². The number of piperidine rings is 1. The number of amides is 1. The van der Waals surface area contributed by atoms with Crippen LogP contribution in [0.5, 0.6) is 0 Å². The highest BCUT2D eigenvalue weighted by atomic mass is 16.2. The summed E-state index contributed by atoms with van der Waals surface area (Å²) in [5.41, 5.74) is 2.44. The lowest BCUT2D eigenvalue weighted by atomic mass is 9.96. The van der Waals surface area contributed by atoms with E-state index in [1.54, 1.807) is 0 Å². The van der Waals surface area contributed by atoms with Gasteiger partial charge in [0.2, 0.25) is 5.91 Å². The van der Waals surface area contributed by atoms with E-state index in [9.17, 15) is 4.79 Å². The second-order valence-electron chi connectivity index (χ2n) is 7.50. The van der Waals surface area contributed by atoms with Gasteiger partial charge in [0.25, 0.3) is 0 Å². The van der Waals surface area contributed by atoms with Crippen LogP contribution in [0.3, 0.4) is 0 Å². The Kier molecular flexibility index (Phi) is 5.12. The Labute approximate surface area is 144 Å². The molecule has 1 fully saturated rings. The molecule has 1 aliphatic heterocycles. The van der Waals surface area contributed by atoms with Crippen LogP contribution in [-0.2, 0) is 11.8 Å². The monoisotopic (exact) mass is 327 g/mol. The first kappa shape index (κ1) is 16.9. The number of nitrogens with one attached hydrogen (secondary N) is 1. The van der Waals surface area contributed by atoms with Crippen LogP contribution in [0.1, 0.15) is 33.1 Å². The van der Waals surface area contributed by atoms with Crippen LogP contribution in [-0.4, -0.2) is 35.0 Å². The molecule has 2 aromatic rings. The first-order chi connectivity index (χ1) is 11.5. The zero-order chi connectivity index (χ0) is 17.1. The Balaban J connectivity index is 1.49. The first-order valence-corrected chi connectivity index (χ1v) is 9.09. The number of likely N-dealkylation sites (tertiary alicyclic amines) is 1. The highest BCUT2D eigenvalue weighted by Gasteiger charge is 2.22. The predicted molar refractivity (Wildman–Crippen MR) is 100 cm³/mol. The molecule has 0 unspecified atom stereocenters. The van der Waals surface area contributed by atoms with E-state index >= 15 is 0 Å². The SMILES string of the molecule is CC(C)CC(=O)N1CCC(CNc2ccc3ccn(C)c3c2)CC1. The molecule has 0 spiro atoms. The van der Waals surface area contributed by atoms with Crippen molar-refractivity contribution in [2.24, 2.45) is 18.9 Å². The first-order valence-electron chi connectivity index (χ1n) is 9.09. The number of carbonyl (C=O) groups is 1. The molecule has 4 heteroatoms. The van der Waals surface area contributed by atoms with Gasteiger partial charge in [-0.25, -0.2) is 0 Å². The summed E-state index contributed by atoms with van der Waals surface area (Å²) < 4.78 is 2.15. The molecule has 0 bridgehead atoms. The fourth-order valence-corrected chi connectivity index (χ4v) is 3.50. The van der Waals surface area contributed by atoms with E-state index in [2.05, 4.69) is 61.2 Å². The van der Waals surface area contributed by atoms with E-state index in [1.807, 2.05) is 4.90 Å². The fraction of sp³-hybridized carbons (Fsp3) is 0.550. The lowest BCUT2D eigenvalue weighted by Gasteiger charge is -2.32. The second kappa shape index (κ2) is 7.29. The minimum atomic E-state index is 0.325. The summed E-state index contributed by atoms with van der Waals surface area (Å²) in [6, 6.07) is 8.69. The zero-order valence-electron chi connectivity index (χ0n) is 15.1. The summed E-state index contributed by atoms with van der Waals surface area (Å²) in [7, 11) is 2.08. The fourth-order valence-electron chi connectivity index (χ4n) is 3.50. The minimum Gasteiger partial charge on any atom is -0.385 e. The van der Waals surface area contributed by atoms with Crippen molar-refractivity contribution < 1.29 is 4.79 Å². The Hall–Kier alpha value is -1.97. The maximum Gasteiger partial charge on any atom is 0.222 e. The van der Waals surface area contributed by atoms with Gasteiger partial charge in [-0.2, -0.15) is 0 Å². The molecule has 1 N–H and O–H groups in total. The quantitative estimate of drug-likeness (QED) is 0.905. The second-order valence-corrected chi connectivity index (χ2v) is 7.50. The highest BCUT2D eigenvalue weighted by molar-refractivity contribution is 5.83. The third-order valence-corrected chi connectivity index (χ3v) is 5.03. The summed E-state index contributed by atoms with van der Waals surface area (Å²) >= 11 is 0.